The lowest BCUT2D eigenvalue weighted by Crippen LogP contribution is -2.05. The van der Waals surface area contributed by atoms with E-state index in [1.807, 2.05) is 11.3 Å². The average molecular weight is 247 g/mol. The summed E-state index contributed by atoms with van der Waals surface area (Å²) in [5, 5.41) is 2.16. The Hall–Kier alpha value is -1.13. The van der Waals surface area contributed by atoms with Gasteiger partial charge in [0, 0.05) is 22.1 Å². The minimum atomic E-state index is 0.424. The number of nitrogens with one attached hydrogen (secondary N) is 1. The lowest BCUT2D eigenvalue weighted by Gasteiger charge is -2.09. The zero-order chi connectivity index (χ0) is 11.8. The van der Waals surface area contributed by atoms with Crippen LogP contribution in [0.4, 0.5) is 0 Å². The van der Waals surface area contributed by atoms with Crippen molar-refractivity contribution >= 4 is 11.3 Å². The van der Waals surface area contributed by atoms with Crippen LogP contribution in [-0.4, -0.2) is 16.5 Å². The molecule has 3 rings (SSSR count). The van der Waals surface area contributed by atoms with Gasteiger partial charge in [0.15, 0.2) is 0 Å². The van der Waals surface area contributed by atoms with Crippen molar-refractivity contribution in [3.8, 4) is 11.3 Å². The number of aryl methyl sites for hydroxylation is 2. The van der Waals surface area contributed by atoms with Crippen LogP contribution in [0.2, 0.25) is 0 Å². The van der Waals surface area contributed by atoms with E-state index in [0.717, 1.165) is 31.6 Å². The van der Waals surface area contributed by atoms with Crippen LogP contribution in [0.1, 0.15) is 35.7 Å². The molecule has 3 N–H and O–H groups in total. The van der Waals surface area contributed by atoms with E-state index in [4.69, 9.17) is 10.7 Å². The van der Waals surface area contributed by atoms with Gasteiger partial charge in [-0.1, -0.05) is 6.92 Å². The smallest absolute Gasteiger partial charge is 0.109 e. The van der Waals surface area contributed by atoms with Gasteiger partial charge in [0.1, 0.15) is 5.82 Å². The fourth-order valence-electron chi connectivity index (χ4n) is 2.44. The van der Waals surface area contributed by atoms with Crippen molar-refractivity contribution in [2.24, 2.45) is 5.73 Å². The van der Waals surface area contributed by atoms with Gasteiger partial charge in [0.05, 0.1) is 5.69 Å². The van der Waals surface area contributed by atoms with Gasteiger partial charge in [-0.25, -0.2) is 4.98 Å². The maximum atomic E-state index is 5.61. The molecule has 3 nitrogen and oxygen atoms in total. The van der Waals surface area contributed by atoms with E-state index >= 15 is 0 Å². The quantitative estimate of drug-likeness (QED) is 0.876. The Labute approximate surface area is 105 Å². The van der Waals surface area contributed by atoms with Crippen LogP contribution in [-0.2, 0) is 12.8 Å². The summed E-state index contributed by atoms with van der Waals surface area (Å²) in [5.74, 6) is 1.52. The summed E-state index contributed by atoms with van der Waals surface area (Å²) < 4.78 is 0. The number of fused-ring (bicyclic) bond motifs is 3. The second kappa shape index (κ2) is 4.27. The van der Waals surface area contributed by atoms with Gasteiger partial charge in [-0.3, -0.25) is 0 Å². The molecule has 1 aliphatic rings. The van der Waals surface area contributed by atoms with Crippen molar-refractivity contribution in [1.82, 2.24) is 9.97 Å². The fourth-order valence-corrected chi connectivity index (χ4v) is 3.32. The molecule has 2 aromatic rings. The summed E-state index contributed by atoms with van der Waals surface area (Å²) in [6, 6.07) is 2.19. The van der Waals surface area contributed by atoms with Crippen LogP contribution in [0.3, 0.4) is 0 Å². The predicted molar refractivity (Wildman–Crippen MR) is 71.4 cm³/mol. The monoisotopic (exact) mass is 247 g/mol. The molecule has 0 aromatic carbocycles. The molecule has 0 saturated carbocycles. The van der Waals surface area contributed by atoms with Crippen LogP contribution in [0.5, 0.6) is 0 Å². The highest BCUT2D eigenvalue weighted by molar-refractivity contribution is 7.10. The number of hydrogen-bond acceptors (Lipinski definition) is 3. The molecule has 0 amide bonds. The van der Waals surface area contributed by atoms with Crippen molar-refractivity contribution in [3.05, 3.63) is 27.8 Å². The van der Waals surface area contributed by atoms with Gasteiger partial charge in [-0.05, 0) is 37.3 Å². The summed E-state index contributed by atoms with van der Waals surface area (Å²) >= 11 is 1.84. The van der Waals surface area contributed by atoms with E-state index in [1.54, 1.807) is 0 Å². The Bertz CT molecular complexity index is 527. The zero-order valence-electron chi connectivity index (χ0n) is 9.99. The SMILES string of the molecule is CC(CCN)c1nc2c([nH]1)CCc1sccc1-2. The summed E-state index contributed by atoms with van der Waals surface area (Å²) in [4.78, 5) is 9.74. The highest BCUT2D eigenvalue weighted by Gasteiger charge is 2.22. The molecule has 90 valence electrons. The van der Waals surface area contributed by atoms with Crippen LogP contribution in [0, 0.1) is 0 Å². The molecule has 1 unspecified atom stereocenters. The largest absolute Gasteiger partial charge is 0.345 e. The van der Waals surface area contributed by atoms with Crippen molar-refractivity contribution in [1.29, 1.82) is 0 Å². The Morgan fingerprint density at radius 3 is 3.24 bits per heavy atom. The number of thiophene rings is 1. The molecule has 0 spiro atoms. The first-order chi connectivity index (χ1) is 8.29. The third-order valence-electron chi connectivity index (χ3n) is 3.47. The van der Waals surface area contributed by atoms with Crippen molar-refractivity contribution in [2.75, 3.05) is 6.54 Å². The Morgan fingerprint density at radius 2 is 2.41 bits per heavy atom. The molecular formula is C13H17N3S. The summed E-state index contributed by atoms with van der Waals surface area (Å²) in [6.07, 6.45) is 3.22. The molecule has 1 aliphatic carbocycles. The van der Waals surface area contributed by atoms with E-state index in [1.165, 1.54) is 21.8 Å². The summed E-state index contributed by atoms with van der Waals surface area (Å²) in [7, 11) is 0. The maximum absolute atomic E-state index is 5.61. The highest BCUT2D eigenvalue weighted by Crippen LogP contribution is 2.36. The van der Waals surface area contributed by atoms with Gasteiger partial charge in [-0.2, -0.15) is 0 Å². The number of hydrogen-bond donors (Lipinski definition) is 2. The first-order valence-corrected chi connectivity index (χ1v) is 7.03. The molecule has 0 fully saturated rings. The van der Waals surface area contributed by atoms with Crippen LogP contribution in [0.15, 0.2) is 11.4 Å². The third kappa shape index (κ3) is 1.81. The second-order valence-corrected chi connectivity index (χ2v) is 5.69. The molecule has 17 heavy (non-hydrogen) atoms. The van der Waals surface area contributed by atoms with Gasteiger partial charge >= 0.3 is 0 Å². The van der Waals surface area contributed by atoms with E-state index in [2.05, 4.69) is 23.4 Å². The number of H-pyrrole nitrogens is 1. The van der Waals surface area contributed by atoms with Crippen molar-refractivity contribution < 1.29 is 0 Å². The topological polar surface area (TPSA) is 54.7 Å². The number of imidazole rings is 1. The summed E-state index contributed by atoms with van der Waals surface area (Å²) in [6.45, 7) is 2.90. The molecular weight excluding hydrogens is 230 g/mol. The first kappa shape index (κ1) is 11.0. The van der Waals surface area contributed by atoms with Crippen LogP contribution < -0.4 is 5.73 Å². The zero-order valence-corrected chi connectivity index (χ0v) is 10.8. The van der Waals surface area contributed by atoms with Crippen molar-refractivity contribution in [3.63, 3.8) is 0 Å². The van der Waals surface area contributed by atoms with Gasteiger partial charge in [-0.15, -0.1) is 11.3 Å². The lowest BCUT2D eigenvalue weighted by molar-refractivity contribution is 0.653. The van der Waals surface area contributed by atoms with E-state index in [0.29, 0.717) is 5.92 Å². The van der Waals surface area contributed by atoms with E-state index in [-0.39, 0.29) is 0 Å². The minimum absolute atomic E-state index is 0.424. The molecule has 0 bridgehead atoms. The standard InChI is InChI=1S/C13H17N3S/c1-8(4-6-14)13-15-10-2-3-11-9(5-7-17-11)12(10)16-13/h5,7-8H,2-4,6,14H2,1H3,(H,15,16). The normalized spacial score (nSPS) is 15.4. The van der Waals surface area contributed by atoms with Gasteiger partial charge < -0.3 is 10.7 Å². The third-order valence-corrected chi connectivity index (χ3v) is 4.45. The Balaban J connectivity index is 1.99. The van der Waals surface area contributed by atoms with Crippen LogP contribution in [0.25, 0.3) is 11.3 Å². The van der Waals surface area contributed by atoms with Gasteiger partial charge in [0.2, 0.25) is 0 Å². The fraction of sp³-hybridized carbons (Fsp3) is 0.462. The lowest BCUT2D eigenvalue weighted by atomic mass is 10.0. The van der Waals surface area contributed by atoms with E-state index in [9.17, 15) is 0 Å². The summed E-state index contributed by atoms with van der Waals surface area (Å²) in [5.41, 5.74) is 9.41. The second-order valence-electron chi connectivity index (χ2n) is 4.69. The average Bonchev–Trinajstić information content (AvgIpc) is 2.94. The number of aromatic nitrogens is 2. The van der Waals surface area contributed by atoms with E-state index < -0.39 is 0 Å². The Kier molecular flexibility index (Phi) is 2.76. The number of rotatable bonds is 3. The highest BCUT2D eigenvalue weighted by atomic mass is 32.1. The molecule has 1 atom stereocenters. The Morgan fingerprint density at radius 1 is 1.53 bits per heavy atom. The first-order valence-electron chi connectivity index (χ1n) is 6.15. The maximum Gasteiger partial charge on any atom is 0.109 e. The number of nitrogens with two attached hydrogens (primary N) is 1. The predicted octanol–water partition coefficient (Wildman–Crippen LogP) is 2.69. The molecule has 0 radical (unpaired) electrons. The minimum Gasteiger partial charge on any atom is -0.345 e. The van der Waals surface area contributed by atoms with Gasteiger partial charge in [0.25, 0.3) is 0 Å². The molecule has 2 aromatic heterocycles. The van der Waals surface area contributed by atoms with Crippen molar-refractivity contribution in [2.45, 2.75) is 32.1 Å². The number of nitrogens with zero attached hydrogens (tertiary/aromatic N) is 1. The molecule has 0 saturated heterocycles. The van der Waals surface area contributed by atoms with Crippen LogP contribution >= 0.6 is 11.3 Å². The molecule has 2 heterocycles. The molecule has 0 aliphatic heterocycles. The number of aromatic amines is 1. The molecule has 4 heteroatoms.